The van der Waals surface area contributed by atoms with Crippen LogP contribution in [0.1, 0.15) is 34.0 Å². The maximum absolute atomic E-state index is 13.1. The van der Waals surface area contributed by atoms with Gasteiger partial charge in [0.05, 0.1) is 18.1 Å². The van der Waals surface area contributed by atoms with Gasteiger partial charge in [0.25, 0.3) is 5.91 Å². The van der Waals surface area contributed by atoms with Crippen LogP contribution in [0.4, 0.5) is 5.69 Å². The number of hydrogen-bond donors (Lipinski definition) is 1. The van der Waals surface area contributed by atoms with E-state index in [1.807, 2.05) is 39.0 Å². The second kappa shape index (κ2) is 8.43. The van der Waals surface area contributed by atoms with Crippen molar-refractivity contribution in [3.8, 4) is 0 Å². The van der Waals surface area contributed by atoms with Gasteiger partial charge in [-0.1, -0.05) is 25.1 Å². The van der Waals surface area contributed by atoms with Crippen molar-refractivity contribution in [2.75, 3.05) is 31.6 Å². The molecule has 0 aliphatic carbocycles. The molecule has 1 amide bonds. The number of aryl methyl sites for hydroxylation is 3. The number of sulfonamides is 1. The number of nitrogens with one attached hydrogen (secondary N) is 1. The Bertz CT molecular complexity index is 980. The number of morpholine rings is 1. The zero-order valence-electron chi connectivity index (χ0n) is 16.5. The lowest BCUT2D eigenvalue weighted by molar-refractivity contribution is 0.0730. The fraction of sp³-hybridized carbons (Fsp3) is 0.381. The molecule has 0 unspecified atom stereocenters. The van der Waals surface area contributed by atoms with Crippen LogP contribution >= 0.6 is 0 Å². The smallest absolute Gasteiger partial charge is 0.255 e. The van der Waals surface area contributed by atoms with E-state index in [1.54, 1.807) is 12.1 Å². The molecule has 1 aliphatic rings. The van der Waals surface area contributed by atoms with Crippen LogP contribution in [0.5, 0.6) is 0 Å². The summed E-state index contributed by atoms with van der Waals surface area (Å²) in [6.07, 6.45) is 0.567. The van der Waals surface area contributed by atoms with E-state index in [9.17, 15) is 13.2 Å². The lowest BCUT2D eigenvalue weighted by Crippen LogP contribution is -2.41. The van der Waals surface area contributed by atoms with Crippen molar-refractivity contribution in [2.45, 2.75) is 32.1 Å². The van der Waals surface area contributed by atoms with E-state index < -0.39 is 10.0 Å². The van der Waals surface area contributed by atoms with Crippen molar-refractivity contribution < 1.29 is 17.9 Å². The largest absolute Gasteiger partial charge is 0.379 e. The zero-order chi connectivity index (χ0) is 20.3. The Morgan fingerprint density at radius 2 is 1.82 bits per heavy atom. The summed E-state index contributed by atoms with van der Waals surface area (Å²) in [6, 6.07) is 10.7. The van der Waals surface area contributed by atoms with E-state index in [2.05, 4.69) is 5.32 Å². The van der Waals surface area contributed by atoms with E-state index >= 15 is 0 Å². The Morgan fingerprint density at radius 1 is 1.11 bits per heavy atom. The third-order valence-electron chi connectivity index (χ3n) is 4.94. The molecule has 2 aromatic carbocycles. The molecule has 3 rings (SSSR count). The lowest BCUT2D eigenvalue weighted by Gasteiger charge is -2.27. The lowest BCUT2D eigenvalue weighted by atomic mass is 10.1. The van der Waals surface area contributed by atoms with Crippen molar-refractivity contribution in [1.82, 2.24) is 4.31 Å². The van der Waals surface area contributed by atoms with Gasteiger partial charge in [0, 0.05) is 24.3 Å². The van der Waals surface area contributed by atoms with Crippen LogP contribution in [0.2, 0.25) is 0 Å². The molecule has 0 spiro atoms. The number of carbonyl (C=O) groups is 1. The van der Waals surface area contributed by atoms with Crippen molar-refractivity contribution in [3.63, 3.8) is 0 Å². The van der Waals surface area contributed by atoms with Crippen LogP contribution in [0.3, 0.4) is 0 Å². The molecule has 6 nitrogen and oxygen atoms in total. The Labute approximate surface area is 166 Å². The van der Waals surface area contributed by atoms with Crippen molar-refractivity contribution in [3.05, 3.63) is 58.7 Å². The zero-order valence-corrected chi connectivity index (χ0v) is 17.3. The fourth-order valence-electron chi connectivity index (χ4n) is 3.22. The second-order valence-electron chi connectivity index (χ2n) is 6.97. The molecule has 1 fully saturated rings. The average molecular weight is 403 g/mol. The summed E-state index contributed by atoms with van der Waals surface area (Å²) in [5.74, 6) is -0.324. The monoisotopic (exact) mass is 402 g/mol. The quantitative estimate of drug-likeness (QED) is 0.834. The number of carbonyl (C=O) groups excluding carboxylic acids is 1. The SMILES string of the molecule is CCc1ccc(C(=O)Nc2cc(C)ccc2C)cc1S(=O)(=O)N1CCOCC1. The van der Waals surface area contributed by atoms with E-state index in [0.29, 0.717) is 43.9 Å². The van der Waals surface area contributed by atoms with Gasteiger partial charge in [-0.25, -0.2) is 8.42 Å². The van der Waals surface area contributed by atoms with Crippen molar-refractivity contribution >= 4 is 21.6 Å². The number of benzene rings is 2. The van der Waals surface area contributed by atoms with Crippen LogP contribution in [-0.4, -0.2) is 44.9 Å². The highest BCUT2D eigenvalue weighted by molar-refractivity contribution is 7.89. The molecule has 0 aromatic heterocycles. The first kappa shape index (κ1) is 20.5. The molecule has 1 N–H and O–H groups in total. The topological polar surface area (TPSA) is 75.7 Å². The molecule has 0 bridgehead atoms. The summed E-state index contributed by atoms with van der Waals surface area (Å²) in [4.78, 5) is 13.0. The number of rotatable bonds is 5. The minimum Gasteiger partial charge on any atom is -0.379 e. The molecular weight excluding hydrogens is 376 g/mol. The van der Waals surface area contributed by atoms with Gasteiger partial charge in [0.1, 0.15) is 0 Å². The molecule has 0 radical (unpaired) electrons. The standard InChI is InChI=1S/C21H26N2O4S/c1-4-17-7-8-18(21(24)22-19-13-15(2)5-6-16(19)3)14-20(17)28(25,26)23-9-11-27-12-10-23/h5-8,13-14H,4,9-12H2,1-3H3,(H,22,24). The Morgan fingerprint density at radius 3 is 2.50 bits per heavy atom. The highest BCUT2D eigenvalue weighted by Crippen LogP contribution is 2.24. The van der Waals surface area contributed by atoms with Gasteiger partial charge in [-0.2, -0.15) is 4.31 Å². The summed E-state index contributed by atoms with van der Waals surface area (Å²) in [5, 5.41) is 2.90. The van der Waals surface area contributed by atoms with Gasteiger partial charge in [0.2, 0.25) is 10.0 Å². The Balaban J connectivity index is 1.94. The molecule has 7 heteroatoms. The van der Waals surface area contributed by atoms with Crippen LogP contribution in [0.15, 0.2) is 41.3 Å². The number of anilines is 1. The predicted octanol–water partition coefficient (Wildman–Crippen LogP) is 3.14. The van der Waals surface area contributed by atoms with Gasteiger partial charge < -0.3 is 10.1 Å². The number of nitrogens with zero attached hydrogens (tertiary/aromatic N) is 1. The van der Waals surface area contributed by atoms with E-state index in [0.717, 1.165) is 16.8 Å². The molecule has 1 aliphatic heterocycles. The van der Waals surface area contributed by atoms with Gasteiger partial charge >= 0.3 is 0 Å². The van der Waals surface area contributed by atoms with E-state index in [4.69, 9.17) is 4.74 Å². The van der Waals surface area contributed by atoms with E-state index in [1.165, 1.54) is 10.4 Å². The first-order valence-electron chi connectivity index (χ1n) is 9.42. The molecule has 0 saturated carbocycles. The fourth-order valence-corrected chi connectivity index (χ4v) is 4.95. The molecular formula is C21H26N2O4S. The summed E-state index contributed by atoms with van der Waals surface area (Å²) >= 11 is 0. The van der Waals surface area contributed by atoms with Gasteiger partial charge in [-0.3, -0.25) is 4.79 Å². The van der Waals surface area contributed by atoms with Gasteiger partial charge in [-0.15, -0.1) is 0 Å². The Hall–Kier alpha value is -2.22. The first-order valence-corrected chi connectivity index (χ1v) is 10.9. The Kier molecular flexibility index (Phi) is 6.17. The highest BCUT2D eigenvalue weighted by Gasteiger charge is 2.29. The minimum atomic E-state index is -3.68. The maximum Gasteiger partial charge on any atom is 0.255 e. The van der Waals surface area contributed by atoms with Crippen LogP contribution in [0.25, 0.3) is 0 Å². The highest BCUT2D eigenvalue weighted by atomic mass is 32.2. The normalized spacial score (nSPS) is 15.4. The van der Waals surface area contributed by atoms with Crippen LogP contribution < -0.4 is 5.32 Å². The summed E-state index contributed by atoms with van der Waals surface area (Å²) in [6.45, 7) is 7.20. The van der Waals surface area contributed by atoms with Gasteiger partial charge in [0.15, 0.2) is 0 Å². The minimum absolute atomic E-state index is 0.200. The van der Waals surface area contributed by atoms with Crippen molar-refractivity contribution in [1.29, 1.82) is 0 Å². The van der Waals surface area contributed by atoms with E-state index in [-0.39, 0.29) is 10.8 Å². The summed E-state index contributed by atoms with van der Waals surface area (Å²) in [5.41, 5.74) is 3.74. The van der Waals surface area contributed by atoms with Crippen LogP contribution in [0, 0.1) is 13.8 Å². The molecule has 150 valence electrons. The van der Waals surface area contributed by atoms with Crippen LogP contribution in [-0.2, 0) is 21.2 Å². The molecule has 2 aromatic rings. The number of ether oxygens (including phenoxy) is 1. The van der Waals surface area contributed by atoms with Gasteiger partial charge in [-0.05, 0) is 55.2 Å². The number of hydrogen-bond acceptors (Lipinski definition) is 4. The summed E-state index contributed by atoms with van der Waals surface area (Å²) < 4.78 is 33.0. The first-order chi connectivity index (χ1) is 13.3. The summed E-state index contributed by atoms with van der Waals surface area (Å²) in [7, 11) is -3.68. The maximum atomic E-state index is 13.1. The second-order valence-corrected chi connectivity index (χ2v) is 8.87. The molecule has 1 heterocycles. The average Bonchev–Trinajstić information content (AvgIpc) is 2.70. The molecule has 28 heavy (non-hydrogen) atoms. The molecule has 1 saturated heterocycles. The predicted molar refractivity (Wildman–Crippen MR) is 109 cm³/mol. The molecule has 0 atom stereocenters. The van der Waals surface area contributed by atoms with Crippen molar-refractivity contribution in [2.24, 2.45) is 0 Å². The third-order valence-corrected chi connectivity index (χ3v) is 6.92. The third kappa shape index (κ3) is 4.27. The number of amides is 1.